The first-order valence-corrected chi connectivity index (χ1v) is 8.09. The first kappa shape index (κ1) is 16.5. The van der Waals surface area contributed by atoms with Crippen LogP contribution in [-0.4, -0.2) is 11.6 Å². The van der Waals surface area contributed by atoms with Crippen molar-refractivity contribution in [3.8, 4) is 0 Å². The number of benzene rings is 1. The average molecular weight is 317 g/mol. The fraction of sp³-hybridized carbons (Fsp3) is 0.625. The molecule has 0 bridgehead atoms. The Morgan fingerprint density at radius 2 is 1.81 bits per heavy atom. The van der Waals surface area contributed by atoms with Crippen molar-refractivity contribution in [2.75, 3.05) is 5.32 Å². The Morgan fingerprint density at radius 1 is 1.19 bits per heavy atom. The summed E-state index contributed by atoms with van der Waals surface area (Å²) in [6, 6.07) is 6.93. The van der Waals surface area contributed by atoms with E-state index in [4.69, 9.17) is 0 Å². The summed E-state index contributed by atoms with van der Waals surface area (Å²) in [5.74, 6) is 0.568. The molecule has 0 radical (unpaired) electrons. The van der Waals surface area contributed by atoms with Gasteiger partial charge in [0.1, 0.15) is 0 Å². The van der Waals surface area contributed by atoms with Gasteiger partial charge in [-0.25, -0.2) is 0 Å². The maximum atomic E-state index is 12.3. The molecule has 1 nitrogen and oxygen atoms in total. The van der Waals surface area contributed by atoms with Crippen LogP contribution in [0.4, 0.5) is 18.9 Å². The molecule has 1 saturated carbocycles. The molecule has 2 unspecified atom stereocenters. The van der Waals surface area contributed by atoms with Crippen LogP contribution in [-0.2, 0) is 0 Å². The lowest BCUT2D eigenvalue weighted by atomic mass is 9.70. The Morgan fingerprint density at radius 3 is 2.33 bits per heavy atom. The fourth-order valence-corrected chi connectivity index (χ4v) is 3.67. The molecule has 2 atom stereocenters. The highest BCUT2D eigenvalue weighted by atomic mass is 32.2. The van der Waals surface area contributed by atoms with Crippen LogP contribution in [0.1, 0.15) is 40.0 Å². The van der Waals surface area contributed by atoms with E-state index in [9.17, 15) is 13.2 Å². The summed E-state index contributed by atoms with van der Waals surface area (Å²) in [6.45, 7) is 6.83. The maximum absolute atomic E-state index is 12.3. The monoisotopic (exact) mass is 317 g/mol. The minimum Gasteiger partial charge on any atom is -0.382 e. The number of halogens is 3. The van der Waals surface area contributed by atoms with Gasteiger partial charge in [0.05, 0.1) is 0 Å². The molecule has 1 N–H and O–H groups in total. The van der Waals surface area contributed by atoms with Gasteiger partial charge in [-0.05, 0) is 66.6 Å². The molecule has 0 saturated heterocycles. The van der Waals surface area contributed by atoms with E-state index in [0.717, 1.165) is 12.1 Å². The fourth-order valence-electron chi connectivity index (χ4n) is 3.13. The van der Waals surface area contributed by atoms with Gasteiger partial charge in [-0.15, -0.1) is 0 Å². The zero-order chi connectivity index (χ0) is 15.7. The Hall–Kier alpha value is -0.840. The molecular weight excluding hydrogens is 295 g/mol. The Kier molecular flexibility index (Phi) is 4.81. The standard InChI is InChI=1S/C16H22F3NS/c1-11-10-15(2,3)9-8-14(11)20-12-4-6-13(7-5-12)21-16(17,18)19/h4-7,11,14,20H,8-10H2,1-3H3. The van der Waals surface area contributed by atoms with Crippen LogP contribution in [0.25, 0.3) is 0 Å². The van der Waals surface area contributed by atoms with Gasteiger partial charge in [-0.1, -0.05) is 20.8 Å². The first-order valence-electron chi connectivity index (χ1n) is 7.27. The second kappa shape index (κ2) is 6.11. The molecule has 1 fully saturated rings. The van der Waals surface area contributed by atoms with Crippen LogP contribution >= 0.6 is 11.8 Å². The van der Waals surface area contributed by atoms with Gasteiger partial charge < -0.3 is 5.32 Å². The Balaban J connectivity index is 1.95. The van der Waals surface area contributed by atoms with Crippen molar-refractivity contribution in [2.24, 2.45) is 11.3 Å². The van der Waals surface area contributed by atoms with E-state index in [-0.39, 0.29) is 16.7 Å². The smallest absolute Gasteiger partial charge is 0.382 e. The van der Waals surface area contributed by atoms with Gasteiger partial charge >= 0.3 is 5.51 Å². The summed E-state index contributed by atoms with van der Waals surface area (Å²) >= 11 is -0.0720. The quantitative estimate of drug-likeness (QED) is 0.694. The number of hydrogen-bond acceptors (Lipinski definition) is 2. The summed E-state index contributed by atoms with van der Waals surface area (Å²) in [5, 5.41) is 3.47. The molecule has 1 aromatic carbocycles. The third-order valence-corrected chi connectivity index (χ3v) is 4.87. The number of rotatable bonds is 3. The molecule has 2 rings (SSSR count). The predicted octanol–water partition coefficient (Wildman–Crippen LogP) is 5.93. The van der Waals surface area contributed by atoms with E-state index in [1.807, 2.05) is 0 Å². The molecule has 0 amide bonds. The van der Waals surface area contributed by atoms with E-state index in [2.05, 4.69) is 26.1 Å². The minimum absolute atomic E-state index is 0.0720. The van der Waals surface area contributed by atoms with Gasteiger partial charge in [0.15, 0.2) is 0 Å². The molecule has 1 aliphatic rings. The number of nitrogens with one attached hydrogen (secondary N) is 1. The van der Waals surface area contributed by atoms with Gasteiger partial charge in [-0.3, -0.25) is 0 Å². The zero-order valence-corrected chi connectivity index (χ0v) is 13.4. The van der Waals surface area contributed by atoms with Crippen molar-refractivity contribution < 1.29 is 13.2 Å². The summed E-state index contributed by atoms with van der Waals surface area (Å²) in [5.41, 5.74) is -2.93. The summed E-state index contributed by atoms with van der Waals surface area (Å²) < 4.78 is 36.9. The van der Waals surface area contributed by atoms with Crippen LogP contribution in [0.2, 0.25) is 0 Å². The predicted molar refractivity (Wildman–Crippen MR) is 82.6 cm³/mol. The third kappa shape index (κ3) is 5.13. The first-order chi connectivity index (χ1) is 9.65. The highest BCUT2D eigenvalue weighted by molar-refractivity contribution is 8.00. The number of hydrogen-bond donors (Lipinski definition) is 1. The molecule has 0 spiro atoms. The lowest BCUT2D eigenvalue weighted by Crippen LogP contribution is -2.36. The molecule has 1 aromatic rings. The van der Waals surface area contributed by atoms with Crippen LogP contribution in [0.3, 0.4) is 0 Å². The van der Waals surface area contributed by atoms with E-state index < -0.39 is 5.51 Å². The second-order valence-electron chi connectivity index (χ2n) is 6.71. The molecule has 0 aromatic heterocycles. The minimum atomic E-state index is -4.22. The van der Waals surface area contributed by atoms with Crippen LogP contribution < -0.4 is 5.32 Å². The van der Waals surface area contributed by atoms with Crippen molar-refractivity contribution in [3.05, 3.63) is 24.3 Å². The van der Waals surface area contributed by atoms with Crippen LogP contribution in [0.15, 0.2) is 29.2 Å². The normalized spacial score (nSPS) is 25.6. The lowest BCUT2D eigenvalue weighted by molar-refractivity contribution is -0.0328. The van der Waals surface area contributed by atoms with Crippen molar-refractivity contribution >= 4 is 17.4 Å². The molecule has 0 heterocycles. The lowest BCUT2D eigenvalue weighted by Gasteiger charge is -2.40. The van der Waals surface area contributed by atoms with Crippen LogP contribution in [0.5, 0.6) is 0 Å². The highest BCUT2D eigenvalue weighted by Gasteiger charge is 2.32. The topological polar surface area (TPSA) is 12.0 Å². The van der Waals surface area contributed by atoms with Gasteiger partial charge in [0.25, 0.3) is 0 Å². The zero-order valence-electron chi connectivity index (χ0n) is 12.6. The Labute approximate surface area is 128 Å². The van der Waals surface area contributed by atoms with Crippen molar-refractivity contribution in [1.29, 1.82) is 0 Å². The SMILES string of the molecule is CC1CC(C)(C)CCC1Nc1ccc(SC(F)(F)F)cc1. The third-order valence-electron chi connectivity index (χ3n) is 4.13. The number of thioether (sulfide) groups is 1. The molecular formula is C16H22F3NS. The van der Waals surface area contributed by atoms with E-state index in [0.29, 0.717) is 17.4 Å². The van der Waals surface area contributed by atoms with E-state index >= 15 is 0 Å². The Bertz CT molecular complexity index is 467. The second-order valence-corrected chi connectivity index (χ2v) is 7.85. The summed E-state index contributed by atoms with van der Waals surface area (Å²) in [4.78, 5) is 0.228. The molecule has 0 aliphatic heterocycles. The van der Waals surface area contributed by atoms with E-state index in [1.165, 1.54) is 25.0 Å². The van der Waals surface area contributed by atoms with Crippen LogP contribution in [0, 0.1) is 11.3 Å². The number of alkyl halides is 3. The summed E-state index contributed by atoms with van der Waals surface area (Å²) in [6.07, 6.45) is 3.46. The van der Waals surface area contributed by atoms with Gasteiger partial charge in [0, 0.05) is 16.6 Å². The average Bonchev–Trinajstić information content (AvgIpc) is 2.32. The molecule has 1 aliphatic carbocycles. The summed E-state index contributed by atoms with van der Waals surface area (Å²) in [7, 11) is 0. The van der Waals surface area contributed by atoms with E-state index in [1.54, 1.807) is 12.1 Å². The van der Waals surface area contributed by atoms with Crippen molar-refractivity contribution in [2.45, 2.75) is 56.5 Å². The highest BCUT2D eigenvalue weighted by Crippen LogP contribution is 2.40. The van der Waals surface area contributed by atoms with Crippen molar-refractivity contribution in [3.63, 3.8) is 0 Å². The van der Waals surface area contributed by atoms with Gasteiger partial charge in [-0.2, -0.15) is 13.2 Å². The number of anilines is 1. The van der Waals surface area contributed by atoms with Crippen molar-refractivity contribution in [1.82, 2.24) is 0 Å². The molecule has 118 valence electrons. The maximum Gasteiger partial charge on any atom is 0.446 e. The largest absolute Gasteiger partial charge is 0.446 e. The molecule has 5 heteroatoms. The van der Waals surface area contributed by atoms with Gasteiger partial charge in [0.2, 0.25) is 0 Å². The molecule has 21 heavy (non-hydrogen) atoms.